The van der Waals surface area contributed by atoms with E-state index in [0.29, 0.717) is 6.61 Å². The molecule has 1 atom stereocenters. The average Bonchev–Trinajstić information content (AvgIpc) is 2.17. The summed E-state index contributed by atoms with van der Waals surface area (Å²) in [6.45, 7) is 5.75. The first-order chi connectivity index (χ1) is 7.64. The Bertz CT molecular complexity index is 280. The van der Waals surface area contributed by atoms with E-state index < -0.39 is 12.1 Å². The van der Waals surface area contributed by atoms with Crippen LogP contribution >= 0.6 is 0 Å². The summed E-state index contributed by atoms with van der Waals surface area (Å²) in [5.41, 5.74) is 0. The van der Waals surface area contributed by atoms with E-state index in [2.05, 4.69) is 0 Å². The van der Waals surface area contributed by atoms with Crippen molar-refractivity contribution < 1.29 is 32.6 Å². The molecule has 1 amide bonds. The molecular weight excluding hydrogens is 243 g/mol. The van der Waals surface area contributed by atoms with Crippen LogP contribution in [0.25, 0.3) is 0 Å². The van der Waals surface area contributed by atoms with Crippen LogP contribution < -0.4 is 0 Å². The molecule has 100 valence electrons. The molecule has 17 heavy (non-hydrogen) atoms. The largest absolute Gasteiger partial charge is 0.490 e. The molecule has 0 radical (unpaired) electrons. The third kappa shape index (κ3) is 6.77. The van der Waals surface area contributed by atoms with Crippen molar-refractivity contribution in [2.45, 2.75) is 26.1 Å². The lowest BCUT2D eigenvalue weighted by atomic mass is 10.3. The molecule has 0 spiro atoms. The van der Waals surface area contributed by atoms with E-state index in [-0.39, 0.29) is 12.0 Å². The highest BCUT2D eigenvalue weighted by atomic mass is 19.4. The predicted molar refractivity (Wildman–Crippen MR) is 51.4 cm³/mol. The average molecular weight is 257 g/mol. The number of morpholine rings is 1. The van der Waals surface area contributed by atoms with E-state index in [1.807, 2.05) is 11.8 Å². The highest BCUT2D eigenvalue weighted by Crippen LogP contribution is 2.13. The molecule has 0 aromatic carbocycles. The van der Waals surface area contributed by atoms with Gasteiger partial charge in [0.05, 0.1) is 12.7 Å². The minimum atomic E-state index is -5.08. The number of ether oxygens (including phenoxy) is 1. The number of hydrogen-bond donors (Lipinski definition) is 1. The van der Waals surface area contributed by atoms with E-state index in [1.165, 1.54) is 0 Å². The van der Waals surface area contributed by atoms with Crippen LogP contribution in [0.5, 0.6) is 0 Å². The molecular formula is C9H14F3NO4. The van der Waals surface area contributed by atoms with Crippen LogP contribution in [0, 0.1) is 0 Å². The fourth-order valence-corrected chi connectivity index (χ4v) is 1.10. The molecule has 0 bridgehead atoms. The lowest BCUT2D eigenvalue weighted by molar-refractivity contribution is -0.192. The lowest BCUT2D eigenvalue weighted by Gasteiger charge is -2.30. The summed E-state index contributed by atoms with van der Waals surface area (Å²) in [7, 11) is 0. The van der Waals surface area contributed by atoms with Gasteiger partial charge in [-0.15, -0.1) is 0 Å². The zero-order chi connectivity index (χ0) is 13.6. The highest BCUT2D eigenvalue weighted by molar-refractivity contribution is 5.73. The Kier molecular flexibility index (Phi) is 5.94. The zero-order valence-electron chi connectivity index (χ0n) is 9.45. The maximum absolute atomic E-state index is 10.8. The van der Waals surface area contributed by atoms with E-state index in [9.17, 15) is 18.0 Å². The minimum Gasteiger partial charge on any atom is -0.475 e. The van der Waals surface area contributed by atoms with Gasteiger partial charge in [-0.25, -0.2) is 4.79 Å². The molecule has 1 heterocycles. The Labute approximate surface area is 96.1 Å². The maximum atomic E-state index is 10.8. The Balaban J connectivity index is 0.000000325. The van der Waals surface area contributed by atoms with E-state index in [0.717, 1.165) is 13.1 Å². The number of aliphatic carboxylic acids is 1. The standard InChI is InChI=1S/C7H13NO2.C2HF3O2/c1-6-5-8(7(2)9)3-4-10-6;3-2(4,5)1(6)7/h6H,3-5H2,1-2H3;(H,6,7). The second-order valence-corrected chi connectivity index (χ2v) is 3.45. The Morgan fingerprint density at radius 2 is 1.88 bits per heavy atom. The van der Waals surface area contributed by atoms with Crippen LogP contribution in [-0.2, 0) is 14.3 Å². The highest BCUT2D eigenvalue weighted by Gasteiger charge is 2.38. The number of carbonyl (C=O) groups is 2. The number of nitrogens with zero attached hydrogens (tertiary/aromatic N) is 1. The molecule has 1 unspecified atom stereocenters. The van der Waals surface area contributed by atoms with Gasteiger partial charge in [-0.05, 0) is 6.92 Å². The van der Waals surface area contributed by atoms with Crippen LogP contribution in [-0.4, -0.2) is 53.9 Å². The first kappa shape index (κ1) is 15.7. The van der Waals surface area contributed by atoms with Gasteiger partial charge in [0, 0.05) is 20.0 Å². The Hall–Kier alpha value is -1.31. The number of carboxylic acid groups (broad SMARTS) is 1. The molecule has 0 aromatic rings. The topological polar surface area (TPSA) is 66.8 Å². The summed E-state index contributed by atoms with van der Waals surface area (Å²) >= 11 is 0. The van der Waals surface area contributed by atoms with Crippen LogP contribution in [0.15, 0.2) is 0 Å². The van der Waals surface area contributed by atoms with Gasteiger partial charge in [0.15, 0.2) is 0 Å². The van der Waals surface area contributed by atoms with E-state index >= 15 is 0 Å². The molecule has 0 aromatic heterocycles. The molecule has 5 nitrogen and oxygen atoms in total. The number of halogens is 3. The third-order valence-corrected chi connectivity index (χ3v) is 1.93. The first-order valence-corrected chi connectivity index (χ1v) is 4.81. The quantitative estimate of drug-likeness (QED) is 0.699. The smallest absolute Gasteiger partial charge is 0.475 e. The molecule has 1 aliphatic rings. The van der Waals surface area contributed by atoms with Crippen molar-refractivity contribution in [1.29, 1.82) is 0 Å². The van der Waals surface area contributed by atoms with Gasteiger partial charge in [0.1, 0.15) is 0 Å². The fourth-order valence-electron chi connectivity index (χ4n) is 1.10. The summed E-state index contributed by atoms with van der Waals surface area (Å²) in [5.74, 6) is -2.61. The Morgan fingerprint density at radius 3 is 2.12 bits per heavy atom. The first-order valence-electron chi connectivity index (χ1n) is 4.81. The molecule has 1 rings (SSSR count). The summed E-state index contributed by atoms with van der Waals surface area (Å²) < 4.78 is 37.0. The van der Waals surface area contributed by atoms with Crippen molar-refractivity contribution in [2.24, 2.45) is 0 Å². The van der Waals surface area contributed by atoms with Crippen molar-refractivity contribution in [3.63, 3.8) is 0 Å². The molecule has 0 aliphatic carbocycles. The van der Waals surface area contributed by atoms with Crippen molar-refractivity contribution in [3.8, 4) is 0 Å². The molecule has 1 saturated heterocycles. The van der Waals surface area contributed by atoms with Crippen LogP contribution in [0.2, 0.25) is 0 Å². The van der Waals surface area contributed by atoms with Gasteiger partial charge < -0.3 is 14.7 Å². The van der Waals surface area contributed by atoms with Crippen molar-refractivity contribution in [2.75, 3.05) is 19.7 Å². The monoisotopic (exact) mass is 257 g/mol. The lowest BCUT2D eigenvalue weighted by Crippen LogP contribution is -2.43. The van der Waals surface area contributed by atoms with E-state index in [4.69, 9.17) is 14.6 Å². The van der Waals surface area contributed by atoms with Gasteiger partial charge >= 0.3 is 12.1 Å². The molecule has 1 aliphatic heterocycles. The fraction of sp³-hybridized carbons (Fsp3) is 0.778. The number of carbonyl (C=O) groups excluding carboxylic acids is 1. The predicted octanol–water partition coefficient (Wildman–Crippen LogP) is 0.887. The number of amides is 1. The summed E-state index contributed by atoms with van der Waals surface area (Å²) in [6.07, 6.45) is -4.88. The summed E-state index contributed by atoms with van der Waals surface area (Å²) in [4.78, 5) is 21.5. The molecule has 0 saturated carbocycles. The number of hydrogen-bond acceptors (Lipinski definition) is 3. The third-order valence-electron chi connectivity index (χ3n) is 1.93. The minimum absolute atomic E-state index is 0.148. The number of alkyl halides is 3. The van der Waals surface area contributed by atoms with Gasteiger partial charge in [-0.2, -0.15) is 13.2 Å². The SMILES string of the molecule is CC(=O)N1CCOC(C)C1.O=C(O)C(F)(F)F. The number of carboxylic acids is 1. The van der Waals surface area contributed by atoms with Gasteiger partial charge in [0.25, 0.3) is 0 Å². The molecule has 8 heteroatoms. The molecule has 1 fully saturated rings. The maximum Gasteiger partial charge on any atom is 0.490 e. The van der Waals surface area contributed by atoms with Crippen LogP contribution in [0.4, 0.5) is 13.2 Å². The van der Waals surface area contributed by atoms with Gasteiger partial charge in [0.2, 0.25) is 5.91 Å². The zero-order valence-corrected chi connectivity index (χ0v) is 9.45. The second kappa shape index (κ2) is 6.43. The van der Waals surface area contributed by atoms with Gasteiger partial charge in [-0.1, -0.05) is 0 Å². The van der Waals surface area contributed by atoms with Crippen molar-refractivity contribution in [3.05, 3.63) is 0 Å². The number of rotatable bonds is 0. The van der Waals surface area contributed by atoms with E-state index in [1.54, 1.807) is 6.92 Å². The normalized spacial score (nSPS) is 20.3. The van der Waals surface area contributed by atoms with Crippen LogP contribution in [0.1, 0.15) is 13.8 Å². The van der Waals surface area contributed by atoms with Crippen LogP contribution in [0.3, 0.4) is 0 Å². The second-order valence-electron chi connectivity index (χ2n) is 3.45. The molecule has 1 N–H and O–H groups in total. The summed E-state index contributed by atoms with van der Waals surface area (Å²) in [6, 6.07) is 0. The Morgan fingerprint density at radius 1 is 1.41 bits per heavy atom. The van der Waals surface area contributed by atoms with Crippen molar-refractivity contribution >= 4 is 11.9 Å². The van der Waals surface area contributed by atoms with Gasteiger partial charge in [-0.3, -0.25) is 4.79 Å². The summed E-state index contributed by atoms with van der Waals surface area (Å²) in [5, 5.41) is 7.12. The van der Waals surface area contributed by atoms with Crippen molar-refractivity contribution in [1.82, 2.24) is 4.90 Å².